The molecule has 6 nitrogen and oxygen atoms in total. The topological polar surface area (TPSA) is 44.1 Å². The van der Waals surface area contributed by atoms with Crippen molar-refractivity contribution >= 4 is 17.1 Å². The number of piperazine rings is 1. The Balaban J connectivity index is 1.19. The summed E-state index contributed by atoms with van der Waals surface area (Å²) in [5.41, 5.74) is 6.22. The summed E-state index contributed by atoms with van der Waals surface area (Å²) in [6, 6.07) is 14.2. The molecule has 3 aromatic rings. The van der Waals surface area contributed by atoms with Crippen molar-refractivity contribution in [3.63, 3.8) is 0 Å². The van der Waals surface area contributed by atoms with Crippen molar-refractivity contribution in [2.75, 3.05) is 44.2 Å². The van der Waals surface area contributed by atoms with Gasteiger partial charge in [-0.3, -0.25) is 4.79 Å². The summed E-state index contributed by atoms with van der Waals surface area (Å²) in [7, 11) is 0. The number of carbonyl (C=O) groups is 1. The number of fused-ring (bicyclic) bond motifs is 1. The molecule has 0 spiro atoms. The molecule has 0 bridgehead atoms. The van der Waals surface area contributed by atoms with Crippen LogP contribution in [0, 0.1) is 5.92 Å². The lowest BCUT2D eigenvalue weighted by Gasteiger charge is -2.36. The quantitative estimate of drug-likeness (QED) is 0.574. The number of nitrogens with zero attached hydrogens (tertiary/aromatic N) is 5. The molecule has 0 radical (unpaired) electrons. The van der Waals surface area contributed by atoms with E-state index in [4.69, 9.17) is 0 Å². The molecule has 1 aliphatic carbocycles. The Morgan fingerprint density at radius 3 is 2.38 bits per heavy atom. The Morgan fingerprint density at radius 2 is 1.71 bits per heavy atom. The van der Waals surface area contributed by atoms with Crippen LogP contribution in [0.5, 0.6) is 0 Å². The van der Waals surface area contributed by atoms with Crippen molar-refractivity contribution in [1.82, 2.24) is 19.4 Å². The van der Waals surface area contributed by atoms with Crippen LogP contribution < -0.4 is 4.90 Å². The standard InChI is InChI=1S/C28H35N5O/c1-20(2)32-12-10-24(18-32)21-3-5-22(6-4-21)25-17-27-26(9-11-29-33(27)19-25)30-13-15-31(16-14-30)28(34)23-7-8-23/h3-6,9,11,17,19-20,23-24H,7-8,10,12-16,18H2,1-2H3/t24-/m1/s1. The minimum absolute atomic E-state index is 0.307. The number of aromatic nitrogens is 2. The number of anilines is 1. The molecule has 3 aliphatic rings. The summed E-state index contributed by atoms with van der Waals surface area (Å²) in [6.07, 6.45) is 7.43. The highest BCUT2D eigenvalue weighted by atomic mass is 16.2. The van der Waals surface area contributed by atoms with Crippen LogP contribution in [0.2, 0.25) is 0 Å². The normalized spacial score (nSPS) is 21.7. The largest absolute Gasteiger partial charge is 0.366 e. The summed E-state index contributed by atoms with van der Waals surface area (Å²) < 4.78 is 2.00. The molecule has 2 aliphatic heterocycles. The number of amides is 1. The Hall–Kier alpha value is -2.86. The van der Waals surface area contributed by atoms with Crippen molar-refractivity contribution in [3.05, 3.63) is 54.4 Å². The number of hydrogen-bond acceptors (Lipinski definition) is 4. The van der Waals surface area contributed by atoms with Gasteiger partial charge in [-0.2, -0.15) is 5.10 Å². The average Bonchev–Trinajstić information content (AvgIpc) is 3.42. The van der Waals surface area contributed by atoms with E-state index in [1.807, 2.05) is 10.7 Å². The zero-order chi connectivity index (χ0) is 23.2. The first kappa shape index (κ1) is 21.7. The Bertz CT molecular complexity index is 1170. The van der Waals surface area contributed by atoms with Gasteiger partial charge in [-0.25, -0.2) is 4.52 Å². The summed E-state index contributed by atoms with van der Waals surface area (Å²) in [4.78, 5) is 19.5. The van der Waals surface area contributed by atoms with Crippen molar-refractivity contribution in [2.45, 2.75) is 45.1 Å². The van der Waals surface area contributed by atoms with Crippen LogP contribution in [0.25, 0.3) is 16.6 Å². The Kier molecular flexibility index (Phi) is 5.56. The summed E-state index contributed by atoms with van der Waals surface area (Å²) in [5.74, 6) is 1.31. The first-order valence-corrected chi connectivity index (χ1v) is 12.9. The monoisotopic (exact) mass is 457 g/mol. The number of hydrogen-bond donors (Lipinski definition) is 0. The predicted molar refractivity (Wildman–Crippen MR) is 136 cm³/mol. The van der Waals surface area contributed by atoms with Crippen LogP contribution in [0.15, 0.2) is 48.8 Å². The van der Waals surface area contributed by atoms with Crippen molar-refractivity contribution in [2.24, 2.45) is 5.92 Å². The highest BCUT2D eigenvalue weighted by Crippen LogP contribution is 2.34. The minimum Gasteiger partial charge on any atom is -0.366 e. The maximum atomic E-state index is 12.4. The van der Waals surface area contributed by atoms with E-state index < -0.39 is 0 Å². The molecule has 3 fully saturated rings. The van der Waals surface area contributed by atoms with Gasteiger partial charge in [0.15, 0.2) is 0 Å². The van der Waals surface area contributed by atoms with Gasteiger partial charge in [-0.1, -0.05) is 24.3 Å². The average molecular weight is 458 g/mol. The molecule has 2 aromatic heterocycles. The van der Waals surface area contributed by atoms with Gasteiger partial charge in [0.2, 0.25) is 5.91 Å². The fourth-order valence-corrected chi connectivity index (χ4v) is 5.66. The van der Waals surface area contributed by atoms with Gasteiger partial charge in [0, 0.05) is 62.6 Å². The maximum absolute atomic E-state index is 12.4. The second-order valence-electron chi connectivity index (χ2n) is 10.6. The van der Waals surface area contributed by atoms with Gasteiger partial charge in [-0.15, -0.1) is 0 Å². The Labute approximate surface area is 202 Å². The Morgan fingerprint density at radius 1 is 0.941 bits per heavy atom. The van der Waals surface area contributed by atoms with E-state index in [0.717, 1.165) is 44.5 Å². The number of benzene rings is 1. The molecule has 178 valence electrons. The van der Waals surface area contributed by atoms with Crippen LogP contribution in [0.4, 0.5) is 5.69 Å². The van der Waals surface area contributed by atoms with Gasteiger partial charge in [0.1, 0.15) is 0 Å². The smallest absolute Gasteiger partial charge is 0.225 e. The molecule has 6 rings (SSSR count). The SMILES string of the molecule is CC(C)N1CC[C@@H](c2ccc(-c3cc4c(N5CCN(C(=O)C6CC6)CC5)ccnn4c3)cc2)C1. The molecular weight excluding hydrogens is 422 g/mol. The van der Waals surface area contributed by atoms with Crippen LogP contribution in [-0.2, 0) is 4.79 Å². The van der Waals surface area contributed by atoms with E-state index in [-0.39, 0.29) is 0 Å². The lowest BCUT2D eigenvalue weighted by molar-refractivity contribution is -0.132. The maximum Gasteiger partial charge on any atom is 0.225 e. The fraction of sp³-hybridized carbons (Fsp3) is 0.500. The molecule has 1 aromatic carbocycles. The van der Waals surface area contributed by atoms with Crippen molar-refractivity contribution in [3.8, 4) is 11.1 Å². The number of likely N-dealkylation sites (tertiary alicyclic amines) is 1. The lowest BCUT2D eigenvalue weighted by Crippen LogP contribution is -2.49. The van der Waals surface area contributed by atoms with Gasteiger partial charge >= 0.3 is 0 Å². The molecule has 1 saturated carbocycles. The second-order valence-corrected chi connectivity index (χ2v) is 10.6. The second kappa shape index (κ2) is 8.73. The van der Waals surface area contributed by atoms with Crippen LogP contribution >= 0.6 is 0 Å². The van der Waals surface area contributed by atoms with Crippen molar-refractivity contribution in [1.29, 1.82) is 0 Å². The molecule has 0 N–H and O–H groups in total. The third kappa shape index (κ3) is 4.09. The molecule has 2 saturated heterocycles. The molecule has 4 heterocycles. The van der Waals surface area contributed by atoms with Gasteiger partial charge < -0.3 is 14.7 Å². The van der Waals surface area contributed by atoms with Crippen LogP contribution in [0.1, 0.15) is 44.6 Å². The van der Waals surface area contributed by atoms with Crippen LogP contribution in [-0.4, -0.2) is 70.6 Å². The van der Waals surface area contributed by atoms with E-state index in [2.05, 4.69) is 76.2 Å². The summed E-state index contributed by atoms with van der Waals surface area (Å²) >= 11 is 0. The highest BCUT2D eigenvalue weighted by molar-refractivity contribution is 5.82. The third-order valence-corrected chi connectivity index (χ3v) is 8.01. The van der Waals surface area contributed by atoms with E-state index in [1.165, 1.54) is 41.9 Å². The van der Waals surface area contributed by atoms with Crippen LogP contribution in [0.3, 0.4) is 0 Å². The first-order valence-electron chi connectivity index (χ1n) is 12.9. The zero-order valence-corrected chi connectivity index (χ0v) is 20.4. The molecular formula is C28H35N5O. The first-order chi connectivity index (χ1) is 16.6. The number of carbonyl (C=O) groups excluding carboxylic acids is 1. The third-order valence-electron chi connectivity index (χ3n) is 8.01. The van der Waals surface area contributed by atoms with Gasteiger partial charge in [0.05, 0.1) is 11.2 Å². The summed E-state index contributed by atoms with van der Waals surface area (Å²) in [5, 5.41) is 4.58. The molecule has 0 unspecified atom stereocenters. The van der Waals surface area contributed by atoms with Gasteiger partial charge in [-0.05, 0) is 68.8 Å². The minimum atomic E-state index is 0.307. The highest BCUT2D eigenvalue weighted by Gasteiger charge is 2.34. The van der Waals surface area contributed by atoms with E-state index >= 15 is 0 Å². The fourth-order valence-electron chi connectivity index (χ4n) is 5.66. The van der Waals surface area contributed by atoms with E-state index in [9.17, 15) is 4.79 Å². The van der Waals surface area contributed by atoms with Gasteiger partial charge in [0.25, 0.3) is 0 Å². The molecule has 1 amide bonds. The zero-order valence-electron chi connectivity index (χ0n) is 20.4. The predicted octanol–water partition coefficient (Wildman–Crippen LogP) is 4.26. The molecule has 1 atom stereocenters. The van der Waals surface area contributed by atoms with Crippen molar-refractivity contribution < 1.29 is 4.79 Å². The number of rotatable bonds is 5. The summed E-state index contributed by atoms with van der Waals surface area (Å²) in [6.45, 7) is 10.3. The molecule has 34 heavy (non-hydrogen) atoms. The lowest BCUT2D eigenvalue weighted by atomic mass is 9.96. The van der Waals surface area contributed by atoms with E-state index in [0.29, 0.717) is 23.8 Å². The molecule has 6 heteroatoms. The van der Waals surface area contributed by atoms with E-state index in [1.54, 1.807) is 0 Å².